The van der Waals surface area contributed by atoms with Crippen molar-refractivity contribution in [2.24, 2.45) is 5.41 Å². The van der Waals surface area contributed by atoms with Crippen molar-refractivity contribution in [2.75, 3.05) is 0 Å². The smallest absolute Gasteiger partial charge is 0.130 e. The molecule has 0 rings (SSSR count). The Morgan fingerprint density at radius 3 is 1.72 bits per heavy atom. The van der Waals surface area contributed by atoms with E-state index in [-0.39, 0.29) is 5.41 Å². The topological polar surface area (TPSA) is 20.2 Å². The van der Waals surface area contributed by atoms with Crippen LogP contribution in [0, 0.1) is 17.8 Å². The van der Waals surface area contributed by atoms with E-state index in [4.69, 9.17) is 6.42 Å². The minimum Gasteiger partial charge on any atom is -0.377 e. The van der Waals surface area contributed by atoms with Gasteiger partial charge in [-0.2, -0.15) is 0 Å². The Bertz CT molecular complexity index is 243. The molecule has 0 radical (unpaired) electrons. The van der Waals surface area contributed by atoms with Crippen LogP contribution in [0.25, 0.3) is 0 Å². The Labute approximate surface area is 114 Å². The molecule has 0 saturated carbocycles. The summed E-state index contributed by atoms with van der Waals surface area (Å²) >= 11 is 0. The van der Waals surface area contributed by atoms with E-state index in [1.807, 2.05) is 20.8 Å². The first-order valence-electron chi connectivity index (χ1n) is 7.57. The van der Waals surface area contributed by atoms with Crippen LogP contribution in [0.5, 0.6) is 0 Å². The molecule has 0 aromatic carbocycles. The van der Waals surface area contributed by atoms with Gasteiger partial charge in [0.2, 0.25) is 0 Å². The van der Waals surface area contributed by atoms with Gasteiger partial charge in [0.15, 0.2) is 0 Å². The Kier molecular flexibility index (Phi) is 8.36. The van der Waals surface area contributed by atoms with Crippen LogP contribution in [-0.4, -0.2) is 10.7 Å². The number of hydrogen-bond donors (Lipinski definition) is 1. The van der Waals surface area contributed by atoms with Crippen molar-refractivity contribution in [1.82, 2.24) is 0 Å². The minimum absolute atomic E-state index is 0.233. The molecule has 18 heavy (non-hydrogen) atoms. The van der Waals surface area contributed by atoms with E-state index in [0.717, 1.165) is 12.8 Å². The van der Waals surface area contributed by atoms with Crippen LogP contribution < -0.4 is 0 Å². The summed E-state index contributed by atoms with van der Waals surface area (Å²) in [6, 6.07) is 0. The van der Waals surface area contributed by atoms with E-state index in [1.54, 1.807) is 0 Å². The summed E-state index contributed by atoms with van der Waals surface area (Å²) in [4.78, 5) is 0. The summed E-state index contributed by atoms with van der Waals surface area (Å²) in [5, 5.41) is 10.4. The first-order valence-corrected chi connectivity index (χ1v) is 7.57. The normalized spacial score (nSPS) is 15.1. The van der Waals surface area contributed by atoms with Crippen LogP contribution in [0.4, 0.5) is 0 Å². The Morgan fingerprint density at radius 2 is 1.33 bits per heavy atom. The van der Waals surface area contributed by atoms with E-state index in [2.05, 4.69) is 12.8 Å². The van der Waals surface area contributed by atoms with Gasteiger partial charge in [-0.25, -0.2) is 0 Å². The molecule has 1 heteroatoms. The van der Waals surface area contributed by atoms with Crippen LogP contribution >= 0.6 is 0 Å². The van der Waals surface area contributed by atoms with Crippen molar-refractivity contribution in [2.45, 2.75) is 91.1 Å². The fraction of sp³-hybridized carbons (Fsp3) is 0.882. The highest BCUT2D eigenvalue weighted by molar-refractivity contribution is 5.12. The maximum absolute atomic E-state index is 10.4. The average Bonchev–Trinajstić information content (AvgIpc) is 2.30. The predicted octanol–water partition coefficient (Wildman–Crippen LogP) is 4.93. The van der Waals surface area contributed by atoms with Crippen LogP contribution in [0.15, 0.2) is 0 Å². The van der Waals surface area contributed by atoms with Crippen molar-refractivity contribution in [3.8, 4) is 12.3 Å². The first-order chi connectivity index (χ1) is 8.37. The Hall–Kier alpha value is -0.480. The molecular formula is C17H32O. The third-order valence-corrected chi connectivity index (χ3v) is 3.87. The van der Waals surface area contributed by atoms with Crippen molar-refractivity contribution in [3.63, 3.8) is 0 Å². The van der Waals surface area contributed by atoms with Gasteiger partial charge in [-0.1, -0.05) is 78.6 Å². The monoisotopic (exact) mass is 252 g/mol. The molecule has 1 atom stereocenters. The second-order valence-electron chi connectivity index (χ2n) is 6.48. The van der Waals surface area contributed by atoms with E-state index < -0.39 is 5.60 Å². The number of aliphatic hydroxyl groups is 1. The lowest BCUT2D eigenvalue weighted by Crippen LogP contribution is -2.41. The van der Waals surface area contributed by atoms with Gasteiger partial charge in [-0.3, -0.25) is 0 Å². The molecule has 0 amide bonds. The summed E-state index contributed by atoms with van der Waals surface area (Å²) < 4.78 is 0. The highest BCUT2D eigenvalue weighted by Gasteiger charge is 2.37. The Balaban J connectivity index is 3.68. The summed E-state index contributed by atoms with van der Waals surface area (Å²) in [5.74, 6) is 2.59. The van der Waals surface area contributed by atoms with Gasteiger partial charge in [0.05, 0.1) is 0 Å². The maximum Gasteiger partial charge on any atom is 0.130 e. The molecule has 0 fully saturated rings. The molecule has 1 unspecified atom stereocenters. The number of hydrogen-bond acceptors (Lipinski definition) is 1. The highest BCUT2D eigenvalue weighted by atomic mass is 16.3. The number of unbranched alkanes of at least 4 members (excludes halogenated alkanes) is 7. The van der Waals surface area contributed by atoms with Gasteiger partial charge in [-0.15, -0.1) is 6.42 Å². The first kappa shape index (κ1) is 17.5. The summed E-state index contributed by atoms with van der Waals surface area (Å²) in [5.41, 5.74) is -1.18. The Morgan fingerprint density at radius 1 is 0.889 bits per heavy atom. The molecule has 0 aliphatic rings. The van der Waals surface area contributed by atoms with Crippen LogP contribution in [0.3, 0.4) is 0 Å². The van der Waals surface area contributed by atoms with E-state index in [9.17, 15) is 5.11 Å². The lowest BCUT2D eigenvalue weighted by atomic mass is 9.74. The molecule has 0 heterocycles. The molecule has 0 bridgehead atoms. The fourth-order valence-corrected chi connectivity index (χ4v) is 2.18. The molecule has 0 aliphatic heterocycles. The predicted molar refractivity (Wildman–Crippen MR) is 80.5 cm³/mol. The fourth-order valence-electron chi connectivity index (χ4n) is 2.18. The summed E-state index contributed by atoms with van der Waals surface area (Å²) in [6.07, 6.45) is 16.4. The zero-order valence-electron chi connectivity index (χ0n) is 12.9. The van der Waals surface area contributed by atoms with Gasteiger partial charge in [0, 0.05) is 5.41 Å². The SMILES string of the molecule is C#CC(O)(CCCCCCCCCC)C(C)(C)C. The van der Waals surface area contributed by atoms with Crippen molar-refractivity contribution >= 4 is 0 Å². The third-order valence-electron chi connectivity index (χ3n) is 3.87. The standard InChI is InChI=1S/C17H32O/c1-6-8-9-10-11-12-13-14-15-17(18,7-2)16(3,4)5/h2,18H,6,8-15H2,1,3-5H3. The van der Waals surface area contributed by atoms with E-state index >= 15 is 0 Å². The van der Waals surface area contributed by atoms with E-state index in [1.165, 1.54) is 44.9 Å². The second-order valence-corrected chi connectivity index (χ2v) is 6.48. The molecule has 0 aromatic rings. The second kappa shape index (κ2) is 8.59. The molecule has 0 saturated heterocycles. The van der Waals surface area contributed by atoms with Crippen molar-refractivity contribution < 1.29 is 5.11 Å². The average molecular weight is 252 g/mol. The van der Waals surface area contributed by atoms with Crippen molar-refractivity contribution in [3.05, 3.63) is 0 Å². The number of terminal acetylenes is 1. The highest BCUT2D eigenvalue weighted by Crippen LogP contribution is 2.34. The third kappa shape index (κ3) is 6.45. The zero-order valence-corrected chi connectivity index (χ0v) is 12.9. The van der Waals surface area contributed by atoms with Gasteiger partial charge < -0.3 is 5.11 Å². The van der Waals surface area contributed by atoms with Gasteiger partial charge in [0.1, 0.15) is 5.60 Å². The summed E-state index contributed by atoms with van der Waals surface area (Å²) in [7, 11) is 0. The largest absolute Gasteiger partial charge is 0.377 e. The van der Waals surface area contributed by atoms with E-state index in [0.29, 0.717) is 0 Å². The molecular weight excluding hydrogens is 220 g/mol. The van der Waals surface area contributed by atoms with Crippen LogP contribution in [0.1, 0.15) is 85.5 Å². The quantitative estimate of drug-likeness (QED) is 0.456. The molecule has 0 aromatic heterocycles. The van der Waals surface area contributed by atoms with Gasteiger partial charge in [-0.05, 0) is 12.8 Å². The molecule has 1 N–H and O–H groups in total. The number of rotatable bonds is 9. The van der Waals surface area contributed by atoms with Gasteiger partial charge in [0.25, 0.3) is 0 Å². The lowest BCUT2D eigenvalue weighted by molar-refractivity contribution is -0.0134. The molecule has 0 spiro atoms. The maximum atomic E-state index is 10.4. The summed E-state index contributed by atoms with van der Waals surface area (Å²) in [6.45, 7) is 8.28. The minimum atomic E-state index is -0.949. The van der Waals surface area contributed by atoms with Crippen molar-refractivity contribution in [1.29, 1.82) is 0 Å². The van der Waals surface area contributed by atoms with Crippen LogP contribution in [-0.2, 0) is 0 Å². The zero-order chi connectivity index (χ0) is 14.1. The molecule has 106 valence electrons. The molecule has 1 nitrogen and oxygen atoms in total. The van der Waals surface area contributed by atoms with Crippen LogP contribution in [0.2, 0.25) is 0 Å². The lowest BCUT2D eigenvalue weighted by Gasteiger charge is -2.36. The molecule has 0 aliphatic carbocycles. The van der Waals surface area contributed by atoms with Gasteiger partial charge >= 0.3 is 0 Å².